The summed E-state index contributed by atoms with van der Waals surface area (Å²) < 4.78 is 33.4. The highest BCUT2D eigenvalue weighted by molar-refractivity contribution is 7.92. The predicted molar refractivity (Wildman–Crippen MR) is 113 cm³/mol. The van der Waals surface area contributed by atoms with E-state index in [1.54, 1.807) is 18.2 Å². The Morgan fingerprint density at radius 2 is 1.72 bits per heavy atom. The topological polar surface area (TPSA) is 95.3 Å². The molecule has 0 spiro atoms. The van der Waals surface area contributed by atoms with Gasteiger partial charge in [-0.3, -0.25) is 4.72 Å². The van der Waals surface area contributed by atoms with Gasteiger partial charge in [-0.05, 0) is 30.3 Å². The Bertz CT molecular complexity index is 1150. The van der Waals surface area contributed by atoms with Crippen molar-refractivity contribution in [2.75, 3.05) is 30.8 Å². The van der Waals surface area contributed by atoms with Crippen LogP contribution in [-0.4, -0.2) is 34.6 Å². The lowest BCUT2D eigenvalue weighted by atomic mass is 10.1. The van der Waals surface area contributed by atoms with Gasteiger partial charge in [-0.2, -0.15) is 5.26 Å². The molecule has 0 amide bonds. The molecule has 0 fully saturated rings. The van der Waals surface area contributed by atoms with E-state index in [-0.39, 0.29) is 22.0 Å². The normalized spacial score (nSPS) is 10.8. The van der Waals surface area contributed by atoms with Crippen LogP contribution >= 0.6 is 0 Å². The molecule has 0 unspecified atom stereocenters. The molecule has 0 bridgehead atoms. The predicted octanol–water partition coefficient (Wildman–Crippen LogP) is 3.50. The average molecular weight is 408 g/mol. The van der Waals surface area contributed by atoms with Gasteiger partial charge < -0.3 is 9.64 Å². The summed E-state index contributed by atoms with van der Waals surface area (Å²) in [6, 6.07) is 18.9. The number of benzene rings is 2. The molecule has 3 rings (SSSR count). The number of nitrogens with one attached hydrogen (secondary N) is 1. The monoisotopic (exact) mass is 408 g/mol. The lowest BCUT2D eigenvalue weighted by molar-refractivity contribution is 0.397. The van der Waals surface area contributed by atoms with Gasteiger partial charge in [0, 0.05) is 25.3 Å². The minimum atomic E-state index is -3.86. The minimum absolute atomic E-state index is 0.114. The number of sulfonamides is 1. The number of nitriles is 1. The van der Waals surface area contributed by atoms with Gasteiger partial charge in [0.2, 0.25) is 5.88 Å². The first-order valence-electron chi connectivity index (χ1n) is 8.70. The van der Waals surface area contributed by atoms with E-state index in [1.165, 1.54) is 25.3 Å². The van der Waals surface area contributed by atoms with E-state index >= 15 is 0 Å². The van der Waals surface area contributed by atoms with E-state index in [0.717, 1.165) is 5.69 Å². The van der Waals surface area contributed by atoms with Crippen molar-refractivity contribution in [2.45, 2.75) is 4.90 Å². The Morgan fingerprint density at radius 1 is 1.07 bits per heavy atom. The molecule has 2 aromatic carbocycles. The summed E-state index contributed by atoms with van der Waals surface area (Å²) >= 11 is 0. The quantitative estimate of drug-likeness (QED) is 0.671. The zero-order valence-corrected chi connectivity index (χ0v) is 17.1. The fourth-order valence-electron chi connectivity index (χ4n) is 2.75. The smallest absolute Gasteiger partial charge is 0.261 e. The SMILES string of the molecule is COc1nc(-c2ccc(N(C)C)cc2)c(NS(=O)(=O)c2ccccc2)cc1C#N. The molecular formula is C21H20N4O3S. The highest BCUT2D eigenvalue weighted by Crippen LogP contribution is 2.33. The fraction of sp³-hybridized carbons (Fsp3) is 0.143. The van der Waals surface area contributed by atoms with Crippen LogP contribution in [-0.2, 0) is 10.0 Å². The standard InChI is InChI=1S/C21H20N4O3S/c1-25(2)17-11-9-15(10-12-17)20-19(13-16(14-22)21(23-20)28-3)24-29(26,27)18-7-5-4-6-8-18/h4-13,24H,1-3H3. The van der Waals surface area contributed by atoms with Crippen LogP contribution in [0, 0.1) is 11.3 Å². The Labute approximate surface area is 170 Å². The summed E-state index contributed by atoms with van der Waals surface area (Å²) in [6.07, 6.45) is 0. The lowest BCUT2D eigenvalue weighted by Gasteiger charge is -2.16. The van der Waals surface area contributed by atoms with Crippen LogP contribution in [0.15, 0.2) is 65.6 Å². The van der Waals surface area contributed by atoms with Crippen LogP contribution in [0.1, 0.15) is 5.56 Å². The Kier molecular flexibility index (Phi) is 5.71. The first-order valence-corrected chi connectivity index (χ1v) is 10.2. The number of methoxy groups -OCH3 is 1. The lowest BCUT2D eigenvalue weighted by Crippen LogP contribution is -2.14. The van der Waals surface area contributed by atoms with Gasteiger partial charge in [-0.25, -0.2) is 13.4 Å². The summed E-state index contributed by atoms with van der Waals surface area (Å²) in [6.45, 7) is 0. The van der Waals surface area contributed by atoms with E-state index in [2.05, 4.69) is 9.71 Å². The molecule has 0 saturated carbocycles. The second-order valence-electron chi connectivity index (χ2n) is 6.41. The first-order chi connectivity index (χ1) is 13.9. The van der Waals surface area contributed by atoms with Crippen molar-refractivity contribution in [3.8, 4) is 23.2 Å². The van der Waals surface area contributed by atoms with Crippen molar-refractivity contribution in [2.24, 2.45) is 0 Å². The molecule has 0 aliphatic carbocycles. The van der Waals surface area contributed by atoms with Crippen molar-refractivity contribution < 1.29 is 13.2 Å². The number of hydrogen-bond acceptors (Lipinski definition) is 6. The minimum Gasteiger partial charge on any atom is -0.480 e. The molecule has 0 aliphatic rings. The van der Waals surface area contributed by atoms with Gasteiger partial charge >= 0.3 is 0 Å². The Balaban J connectivity index is 2.13. The van der Waals surface area contributed by atoms with Crippen LogP contribution in [0.2, 0.25) is 0 Å². The summed E-state index contributed by atoms with van der Waals surface area (Å²) in [7, 11) is 1.41. The average Bonchev–Trinajstić information content (AvgIpc) is 2.74. The van der Waals surface area contributed by atoms with Gasteiger partial charge in [-0.1, -0.05) is 30.3 Å². The molecule has 8 heteroatoms. The van der Waals surface area contributed by atoms with E-state index in [0.29, 0.717) is 11.3 Å². The molecule has 148 valence electrons. The summed E-state index contributed by atoms with van der Waals surface area (Å²) in [5, 5.41) is 9.40. The maximum atomic E-state index is 12.8. The van der Waals surface area contributed by atoms with E-state index in [1.807, 2.05) is 49.3 Å². The van der Waals surface area contributed by atoms with Gasteiger partial charge in [0.05, 0.1) is 23.4 Å². The maximum Gasteiger partial charge on any atom is 0.261 e. The summed E-state index contributed by atoms with van der Waals surface area (Å²) in [4.78, 5) is 6.47. The molecular weight excluding hydrogens is 388 g/mol. The molecule has 0 aliphatic heterocycles. The fourth-order valence-corrected chi connectivity index (χ4v) is 3.83. The molecule has 0 radical (unpaired) electrons. The Hall–Kier alpha value is -3.57. The second-order valence-corrected chi connectivity index (χ2v) is 8.10. The van der Waals surface area contributed by atoms with Crippen molar-refractivity contribution in [1.82, 2.24) is 4.98 Å². The number of hydrogen-bond donors (Lipinski definition) is 1. The number of anilines is 2. The zero-order valence-electron chi connectivity index (χ0n) is 16.2. The number of pyridine rings is 1. The number of rotatable bonds is 6. The third-order valence-corrected chi connectivity index (χ3v) is 5.64. The molecule has 1 heterocycles. The first kappa shape index (κ1) is 20.2. The van der Waals surface area contributed by atoms with Gasteiger partial charge in [-0.15, -0.1) is 0 Å². The number of aromatic nitrogens is 1. The maximum absolute atomic E-state index is 12.8. The van der Waals surface area contributed by atoms with Crippen LogP contribution < -0.4 is 14.4 Å². The third kappa shape index (κ3) is 4.31. The number of nitrogens with zero attached hydrogens (tertiary/aromatic N) is 3. The van der Waals surface area contributed by atoms with Gasteiger partial charge in [0.15, 0.2) is 0 Å². The van der Waals surface area contributed by atoms with Crippen molar-refractivity contribution in [3.63, 3.8) is 0 Å². The van der Waals surface area contributed by atoms with Crippen molar-refractivity contribution in [1.29, 1.82) is 5.26 Å². The van der Waals surface area contributed by atoms with E-state index in [9.17, 15) is 13.7 Å². The Morgan fingerprint density at radius 3 is 2.28 bits per heavy atom. The molecule has 3 aromatic rings. The molecule has 1 N–H and O–H groups in total. The molecule has 0 saturated heterocycles. The largest absolute Gasteiger partial charge is 0.480 e. The van der Waals surface area contributed by atoms with Crippen LogP contribution in [0.5, 0.6) is 5.88 Å². The van der Waals surface area contributed by atoms with E-state index < -0.39 is 10.0 Å². The van der Waals surface area contributed by atoms with E-state index in [4.69, 9.17) is 4.74 Å². The van der Waals surface area contributed by atoms with Crippen molar-refractivity contribution >= 4 is 21.4 Å². The highest BCUT2D eigenvalue weighted by atomic mass is 32.2. The van der Waals surface area contributed by atoms with Crippen LogP contribution in [0.4, 0.5) is 11.4 Å². The summed E-state index contributed by atoms with van der Waals surface area (Å²) in [5.74, 6) is 0.127. The zero-order chi connectivity index (χ0) is 21.0. The second kappa shape index (κ2) is 8.20. The number of ether oxygens (including phenoxy) is 1. The van der Waals surface area contributed by atoms with Crippen molar-refractivity contribution in [3.05, 3.63) is 66.2 Å². The molecule has 0 atom stereocenters. The molecule has 29 heavy (non-hydrogen) atoms. The third-order valence-electron chi connectivity index (χ3n) is 4.26. The summed E-state index contributed by atoms with van der Waals surface area (Å²) in [5.41, 5.74) is 2.37. The van der Waals surface area contributed by atoms with Gasteiger partial charge in [0.1, 0.15) is 11.6 Å². The van der Waals surface area contributed by atoms with Crippen LogP contribution in [0.3, 0.4) is 0 Å². The molecule has 7 nitrogen and oxygen atoms in total. The highest BCUT2D eigenvalue weighted by Gasteiger charge is 2.20. The molecule has 1 aromatic heterocycles. The van der Waals surface area contributed by atoms with Crippen LogP contribution in [0.25, 0.3) is 11.3 Å². The van der Waals surface area contributed by atoms with Gasteiger partial charge in [0.25, 0.3) is 10.0 Å².